The molecule has 2 heterocycles. The molecule has 0 amide bonds. The van der Waals surface area contributed by atoms with Crippen LogP contribution in [0.3, 0.4) is 0 Å². The van der Waals surface area contributed by atoms with Crippen LogP contribution in [0.15, 0.2) is 41.6 Å². The monoisotopic (exact) mass is 390 g/mol. The van der Waals surface area contributed by atoms with Gasteiger partial charge in [0.05, 0.1) is 12.2 Å². The van der Waals surface area contributed by atoms with Gasteiger partial charge in [0.1, 0.15) is 0 Å². The molecule has 132 valence electrons. The molecule has 1 N–H and O–H groups in total. The van der Waals surface area contributed by atoms with E-state index in [0.717, 1.165) is 5.56 Å². The normalized spacial score (nSPS) is 19.0. The van der Waals surface area contributed by atoms with Crippen molar-refractivity contribution in [3.8, 4) is 0 Å². The van der Waals surface area contributed by atoms with Crippen molar-refractivity contribution in [2.75, 3.05) is 19.6 Å². The summed E-state index contributed by atoms with van der Waals surface area (Å²) >= 11 is 6.29. The number of halogens is 2. The Labute approximate surface area is 153 Å². The van der Waals surface area contributed by atoms with Gasteiger partial charge in [0.2, 0.25) is 0 Å². The Bertz CT molecular complexity index is 794. The maximum atomic E-state index is 13.1. The number of sulfonamides is 1. The minimum Gasteiger partial charge on any atom is -0.313 e. The first kappa shape index (κ1) is 19.2. The van der Waals surface area contributed by atoms with Crippen molar-refractivity contribution in [3.05, 3.63) is 47.1 Å². The van der Waals surface area contributed by atoms with Crippen LogP contribution in [0.1, 0.15) is 18.5 Å². The standard InChI is InChI=1S/C15H19ClN4O2S.ClH/c1-2-19-15(7-8-18-19)23(21,22)20-10-9-17-11-14(20)12-5-3-4-6-13(12)16;/h3-8,14,17H,2,9-11H2,1H3;1H. The van der Waals surface area contributed by atoms with Gasteiger partial charge < -0.3 is 5.32 Å². The number of nitrogens with zero attached hydrogens (tertiary/aromatic N) is 3. The van der Waals surface area contributed by atoms with Crippen LogP contribution < -0.4 is 5.32 Å². The average Bonchev–Trinajstić information content (AvgIpc) is 3.05. The molecule has 6 nitrogen and oxygen atoms in total. The van der Waals surface area contributed by atoms with Crippen molar-refractivity contribution >= 4 is 34.0 Å². The van der Waals surface area contributed by atoms with E-state index in [2.05, 4.69) is 10.4 Å². The van der Waals surface area contributed by atoms with E-state index >= 15 is 0 Å². The van der Waals surface area contributed by atoms with E-state index in [1.54, 1.807) is 12.1 Å². The van der Waals surface area contributed by atoms with Gasteiger partial charge in [-0.2, -0.15) is 9.40 Å². The Hall–Kier alpha value is -1.12. The number of aryl methyl sites for hydroxylation is 1. The van der Waals surface area contributed by atoms with Crippen LogP contribution in [0.4, 0.5) is 0 Å². The predicted molar refractivity (Wildman–Crippen MR) is 96.1 cm³/mol. The highest BCUT2D eigenvalue weighted by atomic mass is 35.5. The number of piperazine rings is 1. The van der Waals surface area contributed by atoms with Crippen LogP contribution in [0.2, 0.25) is 5.02 Å². The predicted octanol–water partition coefficient (Wildman–Crippen LogP) is 2.31. The third-order valence-corrected chi connectivity index (χ3v) is 6.28. The number of benzene rings is 1. The van der Waals surface area contributed by atoms with Crippen LogP contribution in [0, 0.1) is 0 Å². The summed E-state index contributed by atoms with van der Waals surface area (Å²) in [5.74, 6) is 0. The average molecular weight is 391 g/mol. The number of hydrogen-bond donors (Lipinski definition) is 1. The molecule has 1 saturated heterocycles. The summed E-state index contributed by atoms with van der Waals surface area (Å²) < 4.78 is 29.3. The molecule has 1 unspecified atom stereocenters. The quantitative estimate of drug-likeness (QED) is 0.869. The molecule has 1 aliphatic heterocycles. The lowest BCUT2D eigenvalue weighted by Gasteiger charge is -2.35. The van der Waals surface area contributed by atoms with Crippen LogP contribution >= 0.6 is 24.0 Å². The van der Waals surface area contributed by atoms with Gasteiger partial charge in [-0.3, -0.25) is 4.68 Å². The lowest BCUT2D eigenvalue weighted by Crippen LogP contribution is -2.49. The maximum absolute atomic E-state index is 13.1. The second-order valence-corrected chi connectivity index (χ2v) is 7.59. The van der Waals surface area contributed by atoms with Crippen molar-refractivity contribution in [1.29, 1.82) is 0 Å². The minimum absolute atomic E-state index is 0. The van der Waals surface area contributed by atoms with E-state index in [9.17, 15) is 8.42 Å². The van der Waals surface area contributed by atoms with Gasteiger partial charge in [-0.1, -0.05) is 29.8 Å². The summed E-state index contributed by atoms with van der Waals surface area (Å²) in [6, 6.07) is 8.59. The highest BCUT2D eigenvalue weighted by molar-refractivity contribution is 7.89. The van der Waals surface area contributed by atoms with Gasteiger partial charge >= 0.3 is 0 Å². The molecule has 1 aliphatic rings. The molecule has 0 bridgehead atoms. The Balaban J connectivity index is 0.00000208. The first-order chi connectivity index (χ1) is 11.1. The van der Waals surface area contributed by atoms with Gasteiger partial charge in [0.25, 0.3) is 10.0 Å². The maximum Gasteiger partial charge on any atom is 0.260 e. The first-order valence-corrected chi connectivity index (χ1v) is 9.36. The number of aromatic nitrogens is 2. The van der Waals surface area contributed by atoms with Crippen molar-refractivity contribution in [1.82, 2.24) is 19.4 Å². The zero-order chi connectivity index (χ0) is 16.4. The second kappa shape index (κ2) is 7.84. The molecule has 2 aromatic rings. The summed E-state index contributed by atoms with van der Waals surface area (Å²) in [5.41, 5.74) is 0.813. The lowest BCUT2D eigenvalue weighted by atomic mass is 10.1. The van der Waals surface area contributed by atoms with E-state index in [-0.39, 0.29) is 23.5 Å². The molecule has 0 spiro atoms. The molecule has 0 aliphatic carbocycles. The molecule has 1 aromatic heterocycles. The topological polar surface area (TPSA) is 67.2 Å². The van der Waals surface area contributed by atoms with E-state index in [1.165, 1.54) is 15.2 Å². The van der Waals surface area contributed by atoms with Crippen LogP contribution in [0.25, 0.3) is 0 Å². The second-order valence-electron chi connectivity index (χ2n) is 5.34. The molecule has 1 aromatic carbocycles. The Morgan fingerprint density at radius 3 is 2.79 bits per heavy atom. The highest BCUT2D eigenvalue weighted by Gasteiger charge is 2.36. The SMILES string of the molecule is CCn1nccc1S(=O)(=O)N1CCNCC1c1ccccc1Cl.Cl. The molecule has 9 heteroatoms. The Morgan fingerprint density at radius 2 is 2.08 bits per heavy atom. The van der Waals surface area contributed by atoms with Gasteiger partial charge in [-0.05, 0) is 24.6 Å². The Morgan fingerprint density at radius 1 is 1.33 bits per heavy atom. The van der Waals surface area contributed by atoms with Crippen molar-refractivity contribution in [2.24, 2.45) is 0 Å². The molecule has 24 heavy (non-hydrogen) atoms. The molecule has 0 saturated carbocycles. The smallest absolute Gasteiger partial charge is 0.260 e. The summed E-state index contributed by atoms with van der Waals surface area (Å²) in [6.07, 6.45) is 1.52. The number of hydrogen-bond acceptors (Lipinski definition) is 4. The summed E-state index contributed by atoms with van der Waals surface area (Å²) in [6.45, 7) is 3.91. The fraction of sp³-hybridized carbons (Fsp3) is 0.400. The summed E-state index contributed by atoms with van der Waals surface area (Å²) in [5, 5.41) is 8.13. The lowest BCUT2D eigenvalue weighted by molar-refractivity contribution is 0.269. The number of nitrogens with one attached hydrogen (secondary N) is 1. The fourth-order valence-corrected chi connectivity index (χ4v) is 4.91. The van der Waals surface area contributed by atoms with E-state index in [0.29, 0.717) is 31.2 Å². The third-order valence-electron chi connectivity index (χ3n) is 4.01. The van der Waals surface area contributed by atoms with Crippen LogP contribution in [-0.4, -0.2) is 42.1 Å². The highest BCUT2D eigenvalue weighted by Crippen LogP contribution is 2.32. The van der Waals surface area contributed by atoms with Gasteiger partial charge in [0, 0.05) is 31.2 Å². The van der Waals surface area contributed by atoms with Gasteiger partial charge in [-0.25, -0.2) is 8.42 Å². The van der Waals surface area contributed by atoms with Crippen LogP contribution in [0.5, 0.6) is 0 Å². The van der Waals surface area contributed by atoms with Crippen molar-refractivity contribution in [3.63, 3.8) is 0 Å². The first-order valence-electron chi connectivity index (χ1n) is 7.54. The zero-order valence-electron chi connectivity index (χ0n) is 13.2. The molecule has 3 rings (SSSR count). The van der Waals surface area contributed by atoms with E-state index in [4.69, 9.17) is 11.6 Å². The summed E-state index contributed by atoms with van der Waals surface area (Å²) in [7, 11) is -3.64. The Kier molecular flexibility index (Phi) is 6.28. The molecule has 0 radical (unpaired) electrons. The molecular formula is C15H20Cl2N4O2S. The third kappa shape index (κ3) is 3.45. The molecular weight excluding hydrogens is 371 g/mol. The number of rotatable bonds is 4. The fourth-order valence-electron chi connectivity index (χ4n) is 2.88. The van der Waals surface area contributed by atoms with Crippen molar-refractivity contribution in [2.45, 2.75) is 24.5 Å². The van der Waals surface area contributed by atoms with Crippen LogP contribution in [-0.2, 0) is 16.6 Å². The zero-order valence-corrected chi connectivity index (χ0v) is 15.6. The minimum atomic E-state index is -3.64. The van der Waals surface area contributed by atoms with E-state index in [1.807, 2.05) is 25.1 Å². The molecule has 1 fully saturated rings. The van der Waals surface area contributed by atoms with Gasteiger partial charge in [-0.15, -0.1) is 12.4 Å². The van der Waals surface area contributed by atoms with E-state index < -0.39 is 10.0 Å². The summed E-state index contributed by atoms with van der Waals surface area (Å²) in [4.78, 5) is 0. The van der Waals surface area contributed by atoms with Gasteiger partial charge in [0.15, 0.2) is 5.03 Å². The largest absolute Gasteiger partial charge is 0.313 e. The van der Waals surface area contributed by atoms with Crippen molar-refractivity contribution < 1.29 is 8.42 Å². The molecule has 1 atom stereocenters.